The maximum Gasteiger partial charge on any atom is 0.460 e. The molecule has 6 nitrogen and oxygen atoms in total. The molecule has 0 saturated heterocycles. The van der Waals surface area contributed by atoms with Crippen LogP contribution < -0.4 is 14.2 Å². The van der Waals surface area contributed by atoms with E-state index in [9.17, 15) is 52.5 Å². The molecule has 3 aromatic carbocycles. The molecule has 0 aliphatic heterocycles. The van der Waals surface area contributed by atoms with Gasteiger partial charge in [-0.3, -0.25) is 0 Å². The first-order valence-electron chi connectivity index (χ1n) is 11.1. The zero-order valence-corrected chi connectivity index (χ0v) is 23.2. The Morgan fingerprint density at radius 3 is 1.00 bits per heavy atom. The highest BCUT2D eigenvalue weighted by Crippen LogP contribution is 2.54. The van der Waals surface area contributed by atoms with Crippen molar-refractivity contribution in [3.8, 4) is 17.2 Å². The summed E-state index contributed by atoms with van der Waals surface area (Å²) >= 11 is 0. The number of alkyl halides is 9. The SMILES string of the molecule is COc1ccc([S+](c2ccc(OC)cc2)c2ccc(OC)cc2)cc1.O=S(=O)([O-])C(F)(F)C(F)(F)C(F)(F)C(F)(F)F. The number of benzene rings is 3. The van der Waals surface area contributed by atoms with Crippen molar-refractivity contribution in [3.05, 3.63) is 72.8 Å². The molecular formula is C25H21F9O6S2. The second-order valence-electron chi connectivity index (χ2n) is 7.95. The Balaban J connectivity index is 0.000000319. The number of rotatable bonds is 9. The van der Waals surface area contributed by atoms with E-state index in [0.29, 0.717) is 0 Å². The van der Waals surface area contributed by atoms with Gasteiger partial charge < -0.3 is 18.8 Å². The van der Waals surface area contributed by atoms with Crippen molar-refractivity contribution in [1.29, 1.82) is 0 Å². The molecule has 3 rings (SSSR count). The van der Waals surface area contributed by atoms with Gasteiger partial charge in [0, 0.05) is 0 Å². The molecular weight excluding hydrogens is 631 g/mol. The number of halogens is 9. The second-order valence-corrected chi connectivity index (χ2v) is 11.4. The van der Waals surface area contributed by atoms with Crippen molar-refractivity contribution < 1.29 is 66.7 Å². The molecule has 0 amide bonds. The van der Waals surface area contributed by atoms with Gasteiger partial charge in [0.2, 0.25) is 0 Å². The molecule has 0 fully saturated rings. The standard InChI is InChI=1S/C21H21O3S.C4HF9O3S/c1-22-16-4-10-19(11-5-16)25(20-12-6-17(23-2)7-13-20)21-14-8-18(24-3)9-15-21;5-1(6,3(9,10)11)2(7,8)4(12,13)17(14,15)16/h4-15H,1-3H3;(H,14,15,16)/q+1;/p-1. The lowest BCUT2D eigenvalue weighted by atomic mass is 10.1. The first-order valence-corrected chi connectivity index (χ1v) is 13.7. The summed E-state index contributed by atoms with van der Waals surface area (Å²) in [6.07, 6.45) is -7.16. The van der Waals surface area contributed by atoms with Crippen LogP contribution in [0.4, 0.5) is 39.5 Å². The van der Waals surface area contributed by atoms with Gasteiger partial charge in [-0.2, -0.15) is 39.5 Å². The number of ether oxygens (including phenoxy) is 3. The second kappa shape index (κ2) is 12.9. The quantitative estimate of drug-likeness (QED) is 0.144. The summed E-state index contributed by atoms with van der Waals surface area (Å²) in [5.74, 6) is -12.2. The van der Waals surface area contributed by atoms with Crippen LogP contribution in [-0.2, 0) is 21.0 Å². The van der Waals surface area contributed by atoms with Crippen LogP contribution in [-0.4, -0.2) is 57.6 Å². The molecule has 0 aromatic heterocycles. The van der Waals surface area contributed by atoms with Crippen molar-refractivity contribution in [2.45, 2.75) is 38.0 Å². The summed E-state index contributed by atoms with van der Waals surface area (Å²) in [6, 6.07) is 24.7. The minimum atomic E-state index is -7.43. The van der Waals surface area contributed by atoms with Gasteiger partial charge in [0.05, 0.1) is 32.2 Å². The largest absolute Gasteiger partial charge is 0.743 e. The highest BCUT2D eigenvalue weighted by molar-refractivity contribution is 7.97. The van der Waals surface area contributed by atoms with Crippen molar-refractivity contribution in [2.75, 3.05) is 21.3 Å². The summed E-state index contributed by atoms with van der Waals surface area (Å²) in [5.41, 5.74) is 0. The Hall–Kier alpha value is -3.31. The monoisotopic (exact) mass is 652 g/mol. The van der Waals surface area contributed by atoms with Gasteiger partial charge in [-0.1, -0.05) is 0 Å². The van der Waals surface area contributed by atoms with Gasteiger partial charge in [0.25, 0.3) is 0 Å². The molecule has 0 radical (unpaired) electrons. The Morgan fingerprint density at radius 2 is 0.810 bits per heavy atom. The van der Waals surface area contributed by atoms with Crippen molar-refractivity contribution >= 4 is 21.0 Å². The molecule has 0 atom stereocenters. The van der Waals surface area contributed by atoms with Crippen molar-refractivity contribution in [3.63, 3.8) is 0 Å². The average molecular weight is 653 g/mol. The summed E-state index contributed by atoms with van der Waals surface area (Å²) in [4.78, 5) is 3.70. The Bertz CT molecular complexity index is 1300. The van der Waals surface area contributed by atoms with Crippen LogP contribution in [0.15, 0.2) is 87.5 Å². The number of hydrogen-bond acceptors (Lipinski definition) is 6. The molecule has 0 spiro atoms. The third-order valence-electron chi connectivity index (χ3n) is 5.32. The maximum absolute atomic E-state index is 12.2. The van der Waals surface area contributed by atoms with E-state index >= 15 is 0 Å². The highest BCUT2D eigenvalue weighted by Gasteiger charge is 2.83. The number of hydrogen-bond donors (Lipinski definition) is 0. The van der Waals surface area contributed by atoms with Gasteiger partial charge in [0.15, 0.2) is 24.8 Å². The third-order valence-corrected chi connectivity index (χ3v) is 8.43. The normalized spacial score (nSPS) is 12.8. The van der Waals surface area contributed by atoms with Crippen molar-refractivity contribution in [2.24, 2.45) is 0 Å². The van der Waals surface area contributed by atoms with Gasteiger partial charge in [-0.05, 0) is 72.8 Å². The van der Waals surface area contributed by atoms with E-state index in [-0.39, 0.29) is 10.9 Å². The fraction of sp³-hybridized carbons (Fsp3) is 0.280. The predicted molar refractivity (Wildman–Crippen MR) is 132 cm³/mol. The smallest absolute Gasteiger partial charge is 0.460 e. The molecule has 0 unspecified atom stereocenters. The first-order chi connectivity index (χ1) is 19.2. The van der Waals surface area contributed by atoms with Gasteiger partial charge in [-0.25, -0.2) is 8.42 Å². The lowest BCUT2D eigenvalue weighted by Gasteiger charge is -2.34. The molecule has 0 aliphatic carbocycles. The van der Waals surface area contributed by atoms with Crippen LogP contribution in [0.25, 0.3) is 0 Å². The van der Waals surface area contributed by atoms with Crippen LogP contribution in [0.5, 0.6) is 17.2 Å². The number of methoxy groups -OCH3 is 3. The summed E-state index contributed by atoms with van der Waals surface area (Å²) < 4.78 is 151. The molecule has 0 aliphatic rings. The lowest BCUT2D eigenvalue weighted by molar-refractivity contribution is -0.382. The van der Waals surface area contributed by atoms with E-state index in [0.717, 1.165) is 17.2 Å². The summed E-state index contributed by atoms with van der Waals surface area (Å²) in [5, 5.41) is -7.11. The summed E-state index contributed by atoms with van der Waals surface area (Å²) in [6.45, 7) is 0. The molecule has 17 heteroatoms. The van der Waals surface area contributed by atoms with E-state index in [4.69, 9.17) is 14.2 Å². The van der Waals surface area contributed by atoms with E-state index in [2.05, 4.69) is 36.4 Å². The minimum Gasteiger partial charge on any atom is -0.743 e. The summed E-state index contributed by atoms with van der Waals surface area (Å²) in [7, 11) is -2.58. The van der Waals surface area contributed by atoms with Gasteiger partial charge >= 0.3 is 23.3 Å². The molecule has 42 heavy (non-hydrogen) atoms. The highest BCUT2D eigenvalue weighted by atomic mass is 32.2. The predicted octanol–water partition coefficient (Wildman–Crippen LogP) is 6.77. The molecule has 0 N–H and O–H groups in total. The van der Waals surface area contributed by atoms with Crippen LogP contribution in [0.2, 0.25) is 0 Å². The fourth-order valence-corrected chi connectivity index (χ4v) is 5.54. The topological polar surface area (TPSA) is 84.9 Å². The molecule has 232 valence electrons. The van der Waals surface area contributed by atoms with Crippen LogP contribution in [0.3, 0.4) is 0 Å². The van der Waals surface area contributed by atoms with E-state index in [1.807, 2.05) is 36.4 Å². The van der Waals surface area contributed by atoms with Crippen molar-refractivity contribution in [1.82, 2.24) is 0 Å². The lowest BCUT2D eigenvalue weighted by Crippen LogP contribution is -2.63. The van der Waals surface area contributed by atoms with E-state index < -0.39 is 33.4 Å². The molecule has 0 bridgehead atoms. The van der Waals surface area contributed by atoms with E-state index in [1.165, 1.54) is 14.7 Å². The van der Waals surface area contributed by atoms with Crippen LogP contribution in [0, 0.1) is 0 Å². The first kappa shape index (κ1) is 34.9. The molecule has 0 saturated carbocycles. The fourth-order valence-electron chi connectivity index (χ4n) is 3.06. The molecule has 3 aromatic rings. The van der Waals surface area contributed by atoms with Gasteiger partial charge in [0.1, 0.15) is 17.2 Å². The average Bonchev–Trinajstić information content (AvgIpc) is 2.93. The Kier molecular flexibility index (Phi) is 10.7. The molecule has 0 heterocycles. The third kappa shape index (κ3) is 7.18. The van der Waals surface area contributed by atoms with Gasteiger partial charge in [-0.15, -0.1) is 0 Å². The van der Waals surface area contributed by atoms with Crippen LogP contribution >= 0.6 is 0 Å². The van der Waals surface area contributed by atoms with Crippen LogP contribution in [0.1, 0.15) is 0 Å². The zero-order chi connectivity index (χ0) is 32.1. The Morgan fingerprint density at radius 1 is 0.548 bits per heavy atom. The van der Waals surface area contributed by atoms with E-state index in [1.54, 1.807) is 21.3 Å². The maximum atomic E-state index is 12.2. The Labute approximate surface area is 237 Å². The zero-order valence-electron chi connectivity index (χ0n) is 21.6. The minimum absolute atomic E-state index is 0.212.